The quantitative estimate of drug-likeness (QED) is 0.689. The van der Waals surface area contributed by atoms with Crippen LogP contribution in [0.15, 0.2) is 0 Å². The molecule has 0 spiro atoms. The molecule has 2 heterocycles. The number of nitrogens with one attached hydrogen (secondary N) is 1. The van der Waals surface area contributed by atoms with Crippen molar-refractivity contribution < 1.29 is 10.2 Å². The Morgan fingerprint density at radius 3 is 2.61 bits per heavy atom. The van der Waals surface area contributed by atoms with Gasteiger partial charge in [0.2, 0.25) is 0 Å². The second-order valence-electron chi connectivity index (χ2n) is 5.84. The summed E-state index contributed by atoms with van der Waals surface area (Å²) in [6.07, 6.45) is 7.08. The van der Waals surface area contributed by atoms with Gasteiger partial charge in [-0.15, -0.1) is 0 Å². The van der Waals surface area contributed by atoms with E-state index in [4.69, 9.17) is 5.11 Å². The third-order valence-electron chi connectivity index (χ3n) is 4.50. The second kappa shape index (κ2) is 7.43. The van der Waals surface area contributed by atoms with Crippen LogP contribution in [0.4, 0.5) is 0 Å². The molecule has 3 N–H and O–H groups in total. The van der Waals surface area contributed by atoms with Crippen LogP contribution >= 0.6 is 0 Å². The van der Waals surface area contributed by atoms with Gasteiger partial charge in [0.25, 0.3) is 0 Å². The molecule has 0 aliphatic carbocycles. The number of β-amino-alcohol motifs (C(OH)–C–C–N with tert-alkyl or cyclic N) is 1. The summed E-state index contributed by atoms with van der Waals surface area (Å²) >= 11 is 0. The molecule has 0 radical (unpaired) electrons. The fourth-order valence-electron chi connectivity index (χ4n) is 3.51. The van der Waals surface area contributed by atoms with Gasteiger partial charge in [0.1, 0.15) is 0 Å². The predicted molar refractivity (Wildman–Crippen MR) is 72.5 cm³/mol. The average Bonchev–Trinajstić information content (AvgIpc) is 2.65. The van der Waals surface area contributed by atoms with Gasteiger partial charge in [-0.2, -0.15) is 0 Å². The highest BCUT2D eigenvalue weighted by Gasteiger charge is 2.30. The average molecular weight is 256 g/mol. The predicted octanol–water partition coefficient (Wildman–Crippen LogP) is 0.584. The largest absolute Gasteiger partial charge is 0.394 e. The molecule has 4 heteroatoms. The van der Waals surface area contributed by atoms with E-state index >= 15 is 0 Å². The van der Waals surface area contributed by atoms with Gasteiger partial charge in [-0.25, -0.2) is 0 Å². The number of hydrogen-bond acceptors (Lipinski definition) is 4. The zero-order chi connectivity index (χ0) is 12.8. The maximum absolute atomic E-state index is 9.71. The summed E-state index contributed by atoms with van der Waals surface area (Å²) < 4.78 is 0. The van der Waals surface area contributed by atoms with E-state index in [1.165, 1.54) is 38.5 Å². The monoisotopic (exact) mass is 256 g/mol. The zero-order valence-electron chi connectivity index (χ0n) is 11.4. The summed E-state index contributed by atoms with van der Waals surface area (Å²) in [5.74, 6) is 0.773. The first-order valence-electron chi connectivity index (χ1n) is 7.55. The molecule has 0 aromatic rings. The van der Waals surface area contributed by atoms with Gasteiger partial charge in [0.15, 0.2) is 0 Å². The number of rotatable bonds is 4. The molecule has 2 atom stereocenters. The van der Waals surface area contributed by atoms with Gasteiger partial charge in [-0.1, -0.05) is 12.8 Å². The molecule has 2 aliphatic heterocycles. The third-order valence-corrected chi connectivity index (χ3v) is 4.50. The highest BCUT2D eigenvalue weighted by atomic mass is 16.3. The van der Waals surface area contributed by atoms with Crippen LogP contribution in [-0.4, -0.2) is 60.0 Å². The summed E-state index contributed by atoms with van der Waals surface area (Å²) in [5, 5.41) is 22.2. The molecular weight excluding hydrogens is 228 g/mol. The Morgan fingerprint density at radius 1 is 1.11 bits per heavy atom. The van der Waals surface area contributed by atoms with Crippen molar-refractivity contribution in [3.63, 3.8) is 0 Å². The topological polar surface area (TPSA) is 55.7 Å². The first-order valence-corrected chi connectivity index (χ1v) is 7.55. The summed E-state index contributed by atoms with van der Waals surface area (Å²) in [4.78, 5) is 2.45. The van der Waals surface area contributed by atoms with E-state index in [-0.39, 0.29) is 6.61 Å². The molecule has 0 amide bonds. The number of aliphatic hydroxyl groups excluding tert-OH is 2. The van der Waals surface area contributed by atoms with Crippen molar-refractivity contribution in [2.75, 3.05) is 32.8 Å². The van der Waals surface area contributed by atoms with E-state index in [9.17, 15) is 5.11 Å². The molecule has 2 unspecified atom stereocenters. The Hall–Kier alpha value is -0.160. The van der Waals surface area contributed by atoms with Crippen LogP contribution in [0.25, 0.3) is 0 Å². The Balaban J connectivity index is 1.96. The lowest BCUT2D eigenvalue weighted by Crippen LogP contribution is -2.47. The minimum absolute atomic E-state index is 0.116. The minimum Gasteiger partial charge on any atom is -0.394 e. The first-order chi connectivity index (χ1) is 8.81. The lowest BCUT2D eigenvalue weighted by Gasteiger charge is -2.38. The van der Waals surface area contributed by atoms with Crippen LogP contribution in [-0.2, 0) is 0 Å². The number of nitrogens with zero attached hydrogens (tertiary/aromatic N) is 1. The lowest BCUT2D eigenvalue weighted by molar-refractivity contribution is 0.0291. The van der Waals surface area contributed by atoms with E-state index in [0.717, 1.165) is 25.6 Å². The Labute approximate surface area is 110 Å². The van der Waals surface area contributed by atoms with Gasteiger partial charge in [-0.05, 0) is 51.2 Å². The molecule has 0 aromatic carbocycles. The maximum Gasteiger partial charge on any atom is 0.0897 e. The number of likely N-dealkylation sites (tertiary alicyclic amines) is 1. The Bertz CT molecular complexity index is 232. The van der Waals surface area contributed by atoms with Gasteiger partial charge in [0, 0.05) is 12.6 Å². The molecule has 18 heavy (non-hydrogen) atoms. The van der Waals surface area contributed by atoms with Crippen molar-refractivity contribution >= 4 is 0 Å². The van der Waals surface area contributed by atoms with Crippen molar-refractivity contribution in [3.05, 3.63) is 0 Å². The number of aliphatic hydroxyl groups is 2. The van der Waals surface area contributed by atoms with Gasteiger partial charge in [0.05, 0.1) is 12.7 Å². The van der Waals surface area contributed by atoms with Gasteiger partial charge in [-0.3, -0.25) is 4.90 Å². The third kappa shape index (κ3) is 3.92. The minimum atomic E-state index is -0.577. The molecule has 4 nitrogen and oxygen atoms in total. The molecular formula is C14H28N2O2. The number of hydrogen-bond donors (Lipinski definition) is 3. The summed E-state index contributed by atoms with van der Waals surface area (Å²) in [6.45, 7) is 3.89. The highest BCUT2D eigenvalue weighted by Crippen LogP contribution is 2.28. The van der Waals surface area contributed by atoms with Crippen LogP contribution < -0.4 is 5.32 Å². The normalized spacial score (nSPS) is 30.0. The van der Waals surface area contributed by atoms with E-state index < -0.39 is 6.10 Å². The van der Waals surface area contributed by atoms with E-state index in [2.05, 4.69) is 10.2 Å². The Morgan fingerprint density at radius 2 is 1.89 bits per heavy atom. The summed E-state index contributed by atoms with van der Waals surface area (Å²) in [5.41, 5.74) is 0. The second-order valence-corrected chi connectivity index (χ2v) is 5.84. The van der Waals surface area contributed by atoms with Crippen molar-refractivity contribution in [1.29, 1.82) is 0 Å². The molecule has 0 bridgehead atoms. The fraction of sp³-hybridized carbons (Fsp3) is 1.00. The van der Waals surface area contributed by atoms with Crippen molar-refractivity contribution in [3.8, 4) is 0 Å². The van der Waals surface area contributed by atoms with Crippen LogP contribution in [0.5, 0.6) is 0 Å². The number of piperidine rings is 1. The molecule has 2 aliphatic rings. The van der Waals surface area contributed by atoms with E-state index in [0.29, 0.717) is 12.6 Å². The van der Waals surface area contributed by atoms with Gasteiger partial charge < -0.3 is 15.5 Å². The van der Waals surface area contributed by atoms with Crippen molar-refractivity contribution in [1.82, 2.24) is 10.2 Å². The molecule has 106 valence electrons. The van der Waals surface area contributed by atoms with E-state index in [1.807, 2.05) is 0 Å². The fourth-order valence-corrected chi connectivity index (χ4v) is 3.51. The van der Waals surface area contributed by atoms with Crippen molar-refractivity contribution in [2.24, 2.45) is 5.92 Å². The zero-order valence-corrected chi connectivity index (χ0v) is 11.4. The summed E-state index contributed by atoms with van der Waals surface area (Å²) in [6, 6.07) is 0.621. The van der Waals surface area contributed by atoms with Crippen LogP contribution in [0.3, 0.4) is 0 Å². The molecule has 0 aromatic heterocycles. The van der Waals surface area contributed by atoms with Gasteiger partial charge >= 0.3 is 0 Å². The standard InChI is InChI=1S/C14H28N2O2/c17-11-13(18)10-16-9-3-1-2-4-14(16)12-5-7-15-8-6-12/h12-15,17-18H,1-11H2. The maximum atomic E-state index is 9.71. The van der Waals surface area contributed by atoms with Crippen LogP contribution in [0.2, 0.25) is 0 Å². The molecule has 2 saturated heterocycles. The van der Waals surface area contributed by atoms with Crippen molar-refractivity contribution in [2.45, 2.75) is 50.7 Å². The lowest BCUT2D eigenvalue weighted by atomic mass is 9.86. The smallest absolute Gasteiger partial charge is 0.0897 e. The Kier molecular flexibility index (Phi) is 5.89. The SMILES string of the molecule is OCC(O)CN1CCCCCC1C1CCNCC1. The first kappa shape index (κ1) is 14.3. The molecule has 0 saturated carbocycles. The highest BCUT2D eigenvalue weighted by molar-refractivity contribution is 4.85. The van der Waals surface area contributed by atoms with Crippen LogP contribution in [0.1, 0.15) is 38.5 Å². The molecule has 2 fully saturated rings. The van der Waals surface area contributed by atoms with E-state index in [1.54, 1.807) is 0 Å². The van der Waals surface area contributed by atoms with Crippen LogP contribution in [0, 0.1) is 5.92 Å². The summed E-state index contributed by atoms with van der Waals surface area (Å²) in [7, 11) is 0. The molecule has 2 rings (SSSR count).